The first kappa shape index (κ1) is 18.1. The molecule has 1 fully saturated rings. The van der Waals surface area contributed by atoms with E-state index in [2.05, 4.69) is 15.3 Å². The van der Waals surface area contributed by atoms with Crippen LogP contribution >= 0.6 is 11.6 Å². The third-order valence-corrected chi connectivity index (χ3v) is 4.01. The molecule has 0 radical (unpaired) electrons. The quantitative estimate of drug-likeness (QED) is 0.621. The molecule has 0 spiro atoms. The molecule has 0 saturated carbocycles. The molecule has 0 unspecified atom stereocenters. The van der Waals surface area contributed by atoms with Gasteiger partial charge < -0.3 is 19.7 Å². The van der Waals surface area contributed by atoms with Crippen molar-refractivity contribution in [2.24, 2.45) is 0 Å². The number of ether oxygens (including phenoxy) is 2. The summed E-state index contributed by atoms with van der Waals surface area (Å²) in [6, 6.07) is 1.96. The van der Waals surface area contributed by atoms with Gasteiger partial charge in [-0.05, 0) is 0 Å². The fraction of sp³-hybridized carbons (Fsp3) is 0.333. The Morgan fingerprint density at radius 1 is 1.42 bits per heavy atom. The Bertz CT molecular complexity index is 832. The minimum absolute atomic E-state index is 0.0829. The van der Waals surface area contributed by atoms with E-state index in [1.165, 1.54) is 13.3 Å². The largest absolute Gasteiger partial charge is 0.494 e. The number of aromatic nitrogens is 2. The number of nitro groups is 1. The van der Waals surface area contributed by atoms with Gasteiger partial charge >= 0.3 is 5.69 Å². The minimum atomic E-state index is -0.997. The van der Waals surface area contributed by atoms with E-state index in [4.69, 9.17) is 21.1 Å². The highest BCUT2D eigenvalue weighted by Gasteiger charge is 2.21. The van der Waals surface area contributed by atoms with Crippen molar-refractivity contribution in [3.63, 3.8) is 0 Å². The van der Waals surface area contributed by atoms with Crippen molar-refractivity contribution in [1.29, 1.82) is 0 Å². The zero-order valence-corrected chi connectivity index (χ0v) is 14.5. The molecule has 1 aromatic carbocycles. The fourth-order valence-electron chi connectivity index (χ4n) is 2.49. The molecule has 3 rings (SSSR count). The molecule has 0 bridgehead atoms. The Kier molecular flexibility index (Phi) is 5.33. The van der Waals surface area contributed by atoms with Crippen molar-refractivity contribution < 1.29 is 18.8 Å². The molecular weight excluding hydrogens is 369 g/mol. The third-order valence-electron chi connectivity index (χ3n) is 3.75. The number of rotatable bonds is 5. The van der Waals surface area contributed by atoms with E-state index in [0.717, 1.165) is 12.1 Å². The van der Waals surface area contributed by atoms with E-state index in [1.54, 1.807) is 0 Å². The SMILES string of the molecule is COc1cc(F)c([N+](=O)[O-])cc1Nc1ncc(Cl)c(N2CCOCC2)n1. The number of anilines is 3. The molecule has 138 valence electrons. The smallest absolute Gasteiger partial charge is 0.307 e. The van der Waals surface area contributed by atoms with E-state index < -0.39 is 16.4 Å². The Morgan fingerprint density at radius 2 is 2.15 bits per heavy atom. The van der Waals surface area contributed by atoms with E-state index in [-0.39, 0.29) is 17.4 Å². The molecule has 2 aromatic rings. The van der Waals surface area contributed by atoms with Crippen LogP contribution in [0.15, 0.2) is 18.3 Å². The second kappa shape index (κ2) is 7.67. The normalized spacial score (nSPS) is 14.2. The first-order valence-electron chi connectivity index (χ1n) is 7.63. The summed E-state index contributed by atoms with van der Waals surface area (Å²) in [4.78, 5) is 20.5. The van der Waals surface area contributed by atoms with Gasteiger partial charge in [0.2, 0.25) is 11.8 Å². The average Bonchev–Trinajstić information content (AvgIpc) is 2.64. The Balaban J connectivity index is 1.93. The van der Waals surface area contributed by atoms with Gasteiger partial charge in [0, 0.05) is 25.2 Å². The number of halogens is 2. The summed E-state index contributed by atoms with van der Waals surface area (Å²) in [7, 11) is 1.33. The molecule has 26 heavy (non-hydrogen) atoms. The van der Waals surface area contributed by atoms with Crippen LogP contribution in [-0.2, 0) is 4.74 Å². The van der Waals surface area contributed by atoms with Gasteiger partial charge in [-0.3, -0.25) is 10.1 Å². The number of morpholine rings is 1. The van der Waals surface area contributed by atoms with Crippen LogP contribution in [0, 0.1) is 15.9 Å². The highest BCUT2D eigenvalue weighted by molar-refractivity contribution is 6.32. The Morgan fingerprint density at radius 3 is 2.81 bits per heavy atom. The number of methoxy groups -OCH3 is 1. The van der Waals surface area contributed by atoms with Gasteiger partial charge in [0.05, 0.1) is 37.1 Å². The Hall–Kier alpha value is -2.72. The highest BCUT2D eigenvalue weighted by Crippen LogP contribution is 2.34. The highest BCUT2D eigenvalue weighted by atomic mass is 35.5. The molecule has 1 saturated heterocycles. The zero-order valence-electron chi connectivity index (χ0n) is 13.7. The lowest BCUT2D eigenvalue weighted by Gasteiger charge is -2.28. The maximum atomic E-state index is 13.7. The maximum absolute atomic E-state index is 13.7. The van der Waals surface area contributed by atoms with Gasteiger partial charge in [-0.15, -0.1) is 0 Å². The molecule has 0 amide bonds. The first-order chi connectivity index (χ1) is 12.5. The van der Waals surface area contributed by atoms with Crippen molar-refractivity contribution in [2.45, 2.75) is 0 Å². The second-order valence-corrected chi connectivity index (χ2v) is 5.76. The van der Waals surface area contributed by atoms with Crippen LogP contribution in [-0.4, -0.2) is 48.3 Å². The van der Waals surface area contributed by atoms with Crippen LogP contribution in [0.1, 0.15) is 0 Å². The van der Waals surface area contributed by atoms with Crippen LogP contribution in [0.25, 0.3) is 0 Å². The van der Waals surface area contributed by atoms with E-state index >= 15 is 0 Å². The molecule has 1 aliphatic heterocycles. The lowest BCUT2D eigenvalue weighted by Crippen LogP contribution is -2.37. The summed E-state index contributed by atoms with van der Waals surface area (Å²) in [6.45, 7) is 2.37. The van der Waals surface area contributed by atoms with E-state index in [0.29, 0.717) is 37.1 Å². The molecule has 9 nitrogen and oxygen atoms in total. The fourth-order valence-corrected chi connectivity index (χ4v) is 2.70. The zero-order chi connectivity index (χ0) is 18.7. The molecule has 11 heteroatoms. The maximum Gasteiger partial charge on any atom is 0.307 e. The molecule has 2 heterocycles. The van der Waals surface area contributed by atoms with Gasteiger partial charge in [0.1, 0.15) is 10.8 Å². The van der Waals surface area contributed by atoms with Gasteiger partial charge in [-0.25, -0.2) is 4.98 Å². The van der Waals surface area contributed by atoms with Gasteiger partial charge in [0.25, 0.3) is 0 Å². The summed E-state index contributed by atoms with van der Waals surface area (Å²) in [5.74, 6) is -0.249. The molecule has 1 aliphatic rings. The van der Waals surface area contributed by atoms with E-state index in [9.17, 15) is 14.5 Å². The molecule has 0 atom stereocenters. The molecular formula is C15H15ClFN5O4. The van der Waals surface area contributed by atoms with Crippen molar-refractivity contribution >= 4 is 34.7 Å². The summed E-state index contributed by atoms with van der Waals surface area (Å²) in [5, 5.41) is 14.1. The van der Waals surface area contributed by atoms with Crippen molar-refractivity contribution in [1.82, 2.24) is 9.97 Å². The molecule has 1 N–H and O–H groups in total. The minimum Gasteiger partial charge on any atom is -0.494 e. The summed E-state index contributed by atoms with van der Waals surface area (Å²) >= 11 is 6.18. The van der Waals surface area contributed by atoms with Crippen LogP contribution in [0.5, 0.6) is 5.75 Å². The van der Waals surface area contributed by atoms with Crippen LogP contribution in [0.4, 0.5) is 27.5 Å². The van der Waals surface area contributed by atoms with Crippen molar-refractivity contribution in [3.8, 4) is 5.75 Å². The van der Waals surface area contributed by atoms with Gasteiger partial charge in [-0.2, -0.15) is 9.37 Å². The summed E-state index contributed by atoms with van der Waals surface area (Å²) in [6.07, 6.45) is 1.42. The number of benzene rings is 1. The second-order valence-electron chi connectivity index (χ2n) is 5.35. The van der Waals surface area contributed by atoms with Gasteiger partial charge in [-0.1, -0.05) is 11.6 Å². The monoisotopic (exact) mass is 383 g/mol. The lowest BCUT2D eigenvalue weighted by molar-refractivity contribution is -0.387. The number of hydrogen-bond donors (Lipinski definition) is 1. The predicted molar refractivity (Wildman–Crippen MR) is 93.0 cm³/mol. The average molecular weight is 384 g/mol. The number of hydrogen-bond acceptors (Lipinski definition) is 8. The van der Waals surface area contributed by atoms with Crippen LogP contribution < -0.4 is 15.0 Å². The summed E-state index contributed by atoms with van der Waals surface area (Å²) in [5.41, 5.74) is -0.522. The molecule has 0 aliphatic carbocycles. The summed E-state index contributed by atoms with van der Waals surface area (Å²) < 4.78 is 24.1. The van der Waals surface area contributed by atoms with Gasteiger partial charge in [0.15, 0.2) is 5.82 Å². The molecule has 1 aromatic heterocycles. The predicted octanol–water partition coefficient (Wildman–Crippen LogP) is 2.77. The van der Waals surface area contributed by atoms with Crippen LogP contribution in [0.3, 0.4) is 0 Å². The number of nitrogens with zero attached hydrogens (tertiary/aromatic N) is 4. The standard InChI is InChI=1S/C15H15ClFN5O4/c1-25-13-6-10(17)12(22(23)24)7-11(13)19-15-18-8-9(16)14(20-15)21-2-4-26-5-3-21/h6-8H,2-5H2,1H3,(H,18,19,20). The third kappa shape index (κ3) is 3.75. The first-order valence-corrected chi connectivity index (χ1v) is 8.01. The topological polar surface area (TPSA) is 103 Å². The number of nitro benzene ring substituents is 1. The van der Waals surface area contributed by atoms with Crippen molar-refractivity contribution in [3.05, 3.63) is 39.3 Å². The van der Waals surface area contributed by atoms with Crippen molar-refractivity contribution in [2.75, 3.05) is 43.6 Å². The van der Waals surface area contributed by atoms with E-state index in [1.807, 2.05) is 4.90 Å². The van der Waals surface area contributed by atoms with Crippen LogP contribution in [0.2, 0.25) is 5.02 Å². The lowest BCUT2D eigenvalue weighted by atomic mass is 10.2. The number of nitrogens with one attached hydrogen (secondary N) is 1. The Labute approximate surface area is 152 Å².